The third-order valence-corrected chi connectivity index (χ3v) is 4.57. The predicted octanol–water partition coefficient (Wildman–Crippen LogP) is 3.63. The van der Waals surface area contributed by atoms with Crippen molar-refractivity contribution in [2.75, 3.05) is 13.7 Å². The van der Waals surface area contributed by atoms with Crippen molar-refractivity contribution in [3.63, 3.8) is 0 Å². The molecule has 3 atom stereocenters. The molecule has 0 radical (unpaired) electrons. The molecule has 0 aromatic heterocycles. The van der Waals surface area contributed by atoms with E-state index in [4.69, 9.17) is 9.47 Å². The van der Waals surface area contributed by atoms with Gasteiger partial charge in [-0.3, -0.25) is 9.59 Å². The molecule has 7 heteroatoms. The Balaban J connectivity index is 2.81. The topological polar surface area (TPSA) is 93.7 Å². The second-order valence-corrected chi connectivity index (χ2v) is 8.37. The molecule has 0 bridgehead atoms. The van der Waals surface area contributed by atoms with Gasteiger partial charge in [0.05, 0.1) is 6.04 Å². The monoisotopic (exact) mass is 420 g/mol. The first-order chi connectivity index (χ1) is 14.1. The van der Waals surface area contributed by atoms with Crippen molar-refractivity contribution in [3.8, 4) is 0 Å². The molecular formula is C23H36N2O5. The number of ketones is 1. The summed E-state index contributed by atoms with van der Waals surface area (Å²) in [5, 5.41) is 5.45. The van der Waals surface area contributed by atoms with E-state index < -0.39 is 30.2 Å². The number of Topliss-reactive ketones (excluding diaryl/α,β-unsaturated/α-hetero) is 1. The third-order valence-electron chi connectivity index (χ3n) is 4.57. The van der Waals surface area contributed by atoms with Crippen molar-refractivity contribution in [2.45, 2.75) is 65.6 Å². The van der Waals surface area contributed by atoms with Gasteiger partial charge in [-0.05, 0) is 37.2 Å². The van der Waals surface area contributed by atoms with Gasteiger partial charge in [0.1, 0.15) is 18.8 Å². The van der Waals surface area contributed by atoms with Crippen molar-refractivity contribution in [1.29, 1.82) is 0 Å². The molecule has 0 fully saturated rings. The molecule has 1 aromatic carbocycles. The van der Waals surface area contributed by atoms with Gasteiger partial charge in [-0.25, -0.2) is 4.79 Å². The van der Waals surface area contributed by atoms with E-state index in [2.05, 4.69) is 10.6 Å². The Hall–Kier alpha value is -2.41. The minimum atomic E-state index is -0.800. The molecule has 168 valence electrons. The standard InChI is InChI=1S/C23H36N2O5/c1-15(2)12-19(21(26)14-29-6)24-22(27)20(13-16(3)4)25-23(28)30-17(5)18-10-8-7-9-11-18/h7-11,15-17,19-20H,12-14H2,1-6H3,(H,24,27)(H,25,28)/t17?,19?,20-/m0/s1. The zero-order valence-electron chi connectivity index (χ0n) is 18.9. The molecule has 1 rings (SSSR count). The minimum absolute atomic E-state index is 0.0728. The summed E-state index contributed by atoms with van der Waals surface area (Å²) in [6, 6.07) is 7.90. The van der Waals surface area contributed by atoms with Crippen LogP contribution in [0.25, 0.3) is 0 Å². The van der Waals surface area contributed by atoms with Gasteiger partial charge in [0, 0.05) is 7.11 Å². The Morgan fingerprint density at radius 1 is 0.867 bits per heavy atom. The highest BCUT2D eigenvalue weighted by Crippen LogP contribution is 2.16. The average Bonchev–Trinajstić information content (AvgIpc) is 2.67. The van der Waals surface area contributed by atoms with Gasteiger partial charge in [-0.15, -0.1) is 0 Å². The van der Waals surface area contributed by atoms with E-state index in [1.165, 1.54) is 7.11 Å². The van der Waals surface area contributed by atoms with Crippen LogP contribution in [-0.2, 0) is 19.1 Å². The van der Waals surface area contributed by atoms with Gasteiger partial charge in [0.15, 0.2) is 5.78 Å². The quantitative estimate of drug-likeness (QED) is 0.538. The normalized spacial score (nSPS) is 14.1. The number of carbonyl (C=O) groups excluding carboxylic acids is 3. The van der Waals surface area contributed by atoms with Crippen molar-refractivity contribution >= 4 is 17.8 Å². The largest absolute Gasteiger partial charge is 0.442 e. The van der Waals surface area contributed by atoms with E-state index in [1.807, 2.05) is 58.0 Å². The van der Waals surface area contributed by atoms with Crippen molar-refractivity contribution in [3.05, 3.63) is 35.9 Å². The summed E-state index contributed by atoms with van der Waals surface area (Å²) in [7, 11) is 1.44. The maximum absolute atomic E-state index is 12.9. The first-order valence-corrected chi connectivity index (χ1v) is 10.5. The second-order valence-electron chi connectivity index (χ2n) is 8.37. The highest BCUT2D eigenvalue weighted by atomic mass is 16.6. The van der Waals surface area contributed by atoms with Crippen molar-refractivity contribution < 1.29 is 23.9 Å². The molecule has 0 saturated carbocycles. The molecule has 0 spiro atoms. The van der Waals surface area contributed by atoms with Gasteiger partial charge < -0.3 is 20.1 Å². The number of hydrogen-bond acceptors (Lipinski definition) is 5. The van der Waals surface area contributed by atoms with Gasteiger partial charge in [-0.1, -0.05) is 58.0 Å². The Morgan fingerprint density at radius 2 is 1.43 bits per heavy atom. The molecule has 2 unspecified atom stereocenters. The Morgan fingerprint density at radius 3 is 1.97 bits per heavy atom. The number of alkyl carbamates (subject to hydrolysis) is 1. The van der Waals surface area contributed by atoms with E-state index in [0.29, 0.717) is 12.8 Å². The zero-order valence-corrected chi connectivity index (χ0v) is 18.9. The lowest BCUT2D eigenvalue weighted by Crippen LogP contribution is -2.53. The SMILES string of the molecule is COCC(=O)C(CC(C)C)NC(=O)[C@H](CC(C)C)NC(=O)OC(C)c1ccccc1. The first kappa shape index (κ1) is 25.6. The van der Waals surface area contributed by atoms with E-state index in [0.717, 1.165) is 5.56 Å². The number of amides is 2. The molecule has 1 aromatic rings. The van der Waals surface area contributed by atoms with E-state index in [9.17, 15) is 14.4 Å². The fourth-order valence-electron chi connectivity index (χ4n) is 3.09. The van der Waals surface area contributed by atoms with E-state index >= 15 is 0 Å². The molecule has 7 nitrogen and oxygen atoms in total. The van der Waals surface area contributed by atoms with Crippen LogP contribution >= 0.6 is 0 Å². The summed E-state index contributed by atoms with van der Waals surface area (Å²) in [6.45, 7) is 9.57. The molecule has 30 heavy (non-hydrogen) atoms. The molecule has 0 heterocycles. The minimum Gasteiger partial charge on any atom is -0.442 e. The third kappa shape index (κ3) is 9.39. The Labute approximate surface area is 179 Å². The van der Waals surface area contributed by atoms with Crippen LogP contribution in [0.3, 0.4) is 0 Å². The summed E-state index contributed by atoms with van der Waals surface area (Å²) in [6.07, 6.45) is -0.201. The Bertz CT molecular complexity index is 675. The van der Waals surface area contributed by atoms with E-state index in [1.54, 1.807) is 6.92 Å². The van der Waals surface area contributed by atoms with Gasteiger partial charge in [-0.2, -0.15) is 0 Å². The summed E-state index contributed by atoms with van der Waals surface area (Å²) < 4.78 is 10.4. The van der Waals surface area contributed by atoms with Crippen LogP contribution in [0, 0.1) is 11.8 Å². The highest BCUT2D eigenvalue weighted by Gasteiger charge is 2.28. The van der Waals surface area contributed by atoms with Gasteiger partial charge >= 0.3 is 6.09 Å². The molecule has 0 saturated heterocycles. The Kier molecular flexibility index (Phi) is 11.1. The summed E-state index contributed by atoms with van der Waals surface area (Å²) in [5.41, 5.74) is 0.861. The second kappa shape index (κ2) is 13.0. The average molecular weight is 421 g/mol. The van der Waals surface area contributed by atoms with Crippen LogP contribution in [0.15, 0.2) is 30.3 Å². The molecular weight excluding hydrogens is 384 g/mol. The summed E-state index contributed by atoms with van der Waals surface area (Å²) >= 11 is 0. The van der Waals surface area contributed by atoms with Crippen LogP contribution in [0.5, 0.6) is 0 Å². The fraction of sp³-hybridized carbons (Fsp3) is 0.609. The van der Waals surface area contributed by atoms with Gasteiger partial charge in [0.2, 0.25) is 5.91 Å². The number of ether oxygens (including phenoxy) is 2. The number of nitrogens with one attached hydrogen (secondary N) is 2. The number of benzene rings is 1. The number of methoxy groups -OCH3 is 1. The zero-order chi connectivity index (χ0) is 22.7. The number of rotatable bonds is 12. The molecule has 0 aliphatic rings. The molecule has 0 aliphatic carbocycles. The molecule has 2 amide bonds. The smallest absolute Gasteiger partial charge is 0.408 e. The van der Waals surface area contributed by atoms with Gasteiger partial charge in [0.25, 0.3) is 0 Å². The lowest BCUT2D eigenvalue weighted by atomic mass is 9.98. The molecule has 2 N–H and O–H groups in total. The maximum Gasteiger partial charge on any atom is 0.408 e. The van der Waals surface area contributed by atoms with E-state index in [-0.39, 0.29) is 24.2 Å². The summed E-state index contributed by atoms with van der Waals surface area (Å²) in [5.74, 6) is -0.221. The first-order valence-electron chi connectivity index (χ1n) is 10.5. The van der Waals surface area contributed by atoms with Crippen molar-refractivity contribution in [1.82, 2.24) is 10.6 Å². The van der Waals surface area contributed by atoms with Crippen LogP contribution in [0.2, 0.25) is 0 Å². The number of hydrogen-bond donors (Lipinski definition) is 2. The fourth-order valence-corrected chi connectivity index (χ4v) is 3.09. The van der Waals surface area contributed by atoms with Crippen LogP contribution in [-0.4, -0.2) is 43.6 Å². The summed E-state index contributed by atoms with van der Waals surface area (Å²) in [4.78, 5) is 37.7. The maximum atomic E-state index is 12.9. The van der Waals surface area contributed by atoms with Crippen molar-refractivity contribution in [2.24, 2.45) is 11.8 Å². The van der Waals surface area contributed by atoms with Crippen LogP contribution in [0.1, 0.15) is 59.1 Å². The lowest BCUT2D eigenvalue weighted by Gasteiger charge is -2.25. The van der Waals surface area contributed by atoms with Crippen LogP contribution in [0.4, 0.5) is 4.79 Å². The highest BCUT2D eigenvalue weighted by molar-refractivity contribution is 5.92. The van der Waals surface area contributed by atoms with Crippen LogP contribution < -0.4 is 10.6 Å². The number of carbonyl (C=O) groups is 3. The lowest BCUT2D eigenvalue weighted by molar-refractivity contribution is -0.131. The predicted molar refractivity (Wildman–Crippen MR) is 116 cm³/mol. The molecule has 0 aliphatic heterocycles.